The van der Waals surface area contributed by atoms with E-state index in [2.05, 4.69) is 48.1 Å². The summed E-state index contributed by atoms with van der Waals surface area (Å²) < 4.78 is 0.949. The molecule has 1 aromatic carbocycles. The molecule has 3 heteroatoms. The van der Waals surface area contributed by atoms with Gasteiger partial charge in [0.15, 0.2) is 0 Å². The Kier molecular flexibility index (Phi) is 3.68. The Morgan fingerprint density at radius 2 is 2.11 bits per heavy atom. The van der Waals surface area contributed by atoms with Gasteiger partial charge in [0, 0.05) is 10.5 Å². The van der Waals surface area contributed by atoms with Crippen molar-refractivity contribution in [1.82, 2.24) is 0 Å². The summed E-state index contributed by atoms with van der Waals surface area (Å²) in [5, 5.41) is 12.7. The summed E-state index contributed by atoms with van der Waals surface area (Å²) in [6.45, 7) is 6.92. The standard InChI is InChI=1S/C15H19BrN2/c1-10-7-15(2,3)8-14(10)18-13-5-4-12(16)6-11(13)9-17/h4-6,10,14,18H,7-8H2,1-3H3. The van der Waals surface area contributed by atoms with Gasteiger partial charge in [-0.25, -0.2) is 0 Å². The Hall–Kier alpha value is -1.01. The largest absolute Gasteiger partial charge is 0.381 e. The van der Waals surface area contributed by atoms with Gasteiger partial charge < -0.3 is 5.32 Å². The number of benzene rings is 1. The molecular weight excluding hydrogens is 288 g/mol. The average molecular weight is 307 g/mol. The van der Waals surface area contributed by atoms with Crippen molar-refractivity contribution in [3.8, 4) is 6.07 Å². The van der Waals surface area contributed by atoms with Crippen LogP contribution in [0.25, 0.3) is 0 Å². The van der Waals surface area contributed by atoms with E-state index < -0.39 is 0 Å². The lowest BCUT2D eigenvalue weighted by Gasteiger charge is -2.20. The molecule has 0 aromatic heterocycles. The Morgan fingerprint density at radius 1 is 1.39 bits per heavy atom. The minimum atomic E-state index is 0.402. The van der Waals surface area contributed by atoms with Gasteiger partial charge in [0.2, 0.25) is 0 Å². The Labute approximate surface area is 118 Å². The van der Waals surface area contributed by atoms with Gasteiger partial charge in [-0.3, -0.25) is 0 Å². The summed E-state index contributed by atoms with van der Waals surface area (Å²) in [7, 11) is 0. The van der Waals surface area contributed by atoms with E-state index in [9.17, 15) is 5.26 Å². The molecule has 18 heavy (non-hydrogen) atoms. The van der Waals surface area contributed by atoms with Gasteiger partial charge in [0.25, 0.3) is 0 Å². The van der Waals surface area contributed by atoms with E-state index >= 15 is 0 Å². The van der Waals surface area contributed by atoms with Gasteiger partial charge in [-0.05, 0) is 42.4 Å². The van der Waals surface area contributed by atoms with E-state index in [1.807, 2.05) is 18.2 Å². The molecule has 0 amide bonds. The van der Waals surface area contributed by atoms with Crippen LogP contribution in [0.3, 0.4) is 0 Å². The van der Waals surface area contributed by atoms with Crippen LogP contribution in [0, 0.1) is 22.7 Å². The maximum absolute atomic E-state index is 9.17. The fraction of sp³-hybridized carbons (Fsp3) is 0.533. The summed E-state index contributed by atoms with van der Waals surface area (Å²) in [4.78, 5) is 0. The Morgan fingerprint density at radius 3 is 2.67 bits per heavy atom. The van der Waals surface area contributed by atoms with E-state index in [1.165, 1.54) is 6.42 Å². The maximum Gasteiger partial charge on any atom is 0.101 e. The second kappa shape index (κ2) is 4.93. The van der Waals surface area contributed by atoms with Crippen molar-refractivity contribution < 1.29 is 0 Å². The summed E-state index contributed by atoms with van der Waals surface area (Å²) in [6, 6.07) is 8.55. The molecule has 2 unspecified atom stereocenters. The summed E-state index contributed by atoms with van der Waals surface area (Å²) in [5.41, 5.74) is 2.07. The maximum atomic E-state index is 9.17. The first kappa shape index (κ1) is 13.4. The van der Waals surface area contributed by atoms with Crippen LogP contribution in [0.4, 0.5) is 5.69 Å². The molecule has 0 radical (unpaired) electrons. The van der Waals surface area contributed by atoms with Crippen LogP contribution in [-0.2, 0) is 0 Å². The molecular formula is C15H19BrN2. The molecule has 0 heterocycles. The normalized spacial score (nSPS) is 25.7. The third-order valence-electron chi connectivity index (χ3n) is 3.78. The van der Waals surface area contributed by atoms with Gasteiger partial charge in [0.05, 0.1) is 11.3 Å². The lowest BCUT2D eigenvalue weighted by molar-refractivity contribution is 0.366. The minimum absolute atomic E-state index is 0.402. The van der Waals surface area contributed by atoms with Crippen LogP contribution >= 0.6 is 15.9 Å². The molecule has 2 rings (SSSR count). The highest BCUT2D eigenvalue weighted by molar-refractivity contribution is 9.10. The molecule has 96 valence electrons. The number of nitriles is 1. The van der Waals surface area contributed by atoms with Gasteiger partial charge in [-0.2, -0.15) is 5.26 Å². The van der Waals surface area contributed by atoms with E-state index in [-0.39, 0.29) is 0 Å². The Bertz CT molecular complexity index is 488. The summed E-state index contributed by atoms with van der Waals surface area (Å²) >= 11 is 3.40. The van der Waals surface area contributed by atoms with Crippen molar-refractivity contribution in [2.24, 2.45) is 11.3 Å². The first-order valence-corrected chi connectivity index (χ1v) is 7.17. The number of anilines is 1. The molecule has 1 aromatic rings. The topological polar surface area (TPSA) is 35.8 Å². The van der Waals surface area contributed by atoms with Crippen LogP contribution in [0.15, 0.2) is 22.7 Å². The number of rotatable bonds is 2. The van der Waals surface area contributed by atoms with Gasteiger partial charge in [0.1, 0.15) is 6.07 Å². The molecule has 0 saturated heterocycles. The predicted molar refractivity (Wildman–Crippen MR) is 78.4 cm³/mol. The monoisotopic (exact) mass is 306 g/mol. The second-order valence-corrected chi connectivity index (χ2v) is 7.02. The zero-order chi connectivity index (χ0) is 13.3. The highest BCUT2D eigenvalue weighted by Crippen LogP contribution is 2.42. The molecule has 1 aliphatic carbocycles. The summed E-state index contributed by atoms with van der Waals surface area (Å²) in [6.07, 6.45) is 2.40. The number of nitrogens with zero attached hydrogens (tertiary/aromatic N) is 1. The molecule has 2 atom stereocenters. The van der Waals surface area contributed by atoms with Crippen molar-refractivity contribution in [1.29, 1.82) is 5.26 Å². The molecule has 0 bridgehead atoms. The first-order chi connectivity index (χ1) is 8.41. The van der Waals surface area contributed by atoms with Crippen LogP contribution < -0.4 is 5.32 Å². The van der Waals surface area contributed by atoms with Crippen molar-refractivity contribution >= 4 is 21.6 Å². The second-order valence-electron chi connectivity index (χ2n) is 6.10. The minimum Gasteiger partial charge on any atom is -0.381 e. The molecule has 0 spiro atoms. The van der Waals surface area contributed by atoms with Crippen molar-refractivity contribution in [3.05, 3.63) is 28.2 Å². The number of hydrogen-bond donors (Lipinski definition) is 1. The smallest absolute Gasteiger partial charge is 0.101 e. The number of hydrogen-bond acceptors (Lipinski definition) is 2. The van der Waals surface area contributed by atoms with E-state index in [1.54, 1.807) is 0 Å². The van der Waals surface area contributed by atoms with E-state index in [0.717, 1.165) is 16.6 Å². The zero-order valence-electron chi connectivity index (χ0n) is 11.1. The number of halogens is 1. The number of nitrogens with one attached hydrogen (secondary N) is 1. The predicted octanol–water partition coefficient (Wildman–Crippen LogP) is 4.56. The molecule has 1 aliphatic rings. The van der Waals surface area contributed by atoms with E-state index in [4.69, 9.17) is 0 Å². The molecule has 1 saturated carbocycles. The van der Waals surface area contributed by atoms with Crippen molar-refractivity contribution in [2.45, 2.75) is 39.7 Å². The summed E-state index contributed by atoms with van der Waals surface area (Å²) in [5.74, 6) is 0.648. The Balaban J connectivity index is 2.18. The highest BCUT2D eigenvalue weighted by Gasteiger charge is 2.36. The lowest BCUT2D eigenvalue weighted by atomic mass is 9.91. The SMILES string of the molecule is CC1CC(C)(C)CC1Nc1ccc(Br)cc1C#N. The van der Waals surface area contributed by atoms with Crippen LogP contribution in [0.5, 0.6) is 0 Å². The van der Waals surface area contributed by atoms with Crippen LogP contribution in [0.1, 0.15) is 39.2 Å². The zero-order valence-corrected chi connectivity index (χ0v) is 12.7. The third-order valence-corrected chi connectivity index (χ3v) is 4.27. The molecule has 0 aliphatic heterocycles. The lowest BCUT2D eigenvalue weighted by Crippen LogP contribution is -2.23. The molecule has 1 N–H and O–H groups in total. The average Bonchev–Trinajstić information content (AvgIpc) is 2.54. The van der Waals surface area contributed by atoms with Gasteiger partial charge in [-0.1, -0.05) is 36.7 Å². The van der Waals surface area contributed by atoms with Crippen LogP contribution in [-0.4, -0.2) is 6.04 Å². The van der Waals surface area contributed by atoms with Crippen molar-refractivity contribution in [2.75, 3.05) is 5.32 Å². The van der Waals surface area contributed by atoms with Gasteiger partial charge >= 0.3 is 0 Å². The first-order valence-electron chi connectivity index (χ1n) is 6.37. The molecule has 1 fully saturated rings. The van der Waals surface area contributed by atoms with E-state index in [0.29, 0.717) is 22.9 Å². The van der Waals surface area contributed by atoms with Crippen LogP contribution in [0.2, 0.25) is 0 Å². The third kappa shape index (κ3) is 2.87. The quantitative estimate of drug-likeness (QED) is 0.869. The van der Waals surface area contributed by atoms with Crippen molar-refractivity contribution in [3.63, 3.8) is 0 Å². The fourth-order valence-electron chi connectivity index (χ4n) is 3.02. The highest BCUT2D eigenvalue weighted by atomic mass is 79.9. The molecule has 2 nitrogen and oxygen atoms in total. The van der Waals surface area contributed by atoms with Gasteiger partial charge in [-0.15, -0.1) is 0 Å². The fourth-order valence-corrected chi connectivity index (χ4v) is 3.38.